The lowest BCUT2D eigenvalue weighted by Crippen LogP contribution is -2.17. The Balaban J connectivity index is 1.63. The number of halogens is 1. The van der Waals surface area contributed by atoms with E-state index in [2.05, 4.69) is 15.5 Å². The maximum Gasteiger partial charge on any atom is 0.184 e. The van der Waals surface area contributed by atoms with Crippen LogP contribution in [0, 0.1) is 23.6 Å². The van der Waals surface area contributed by atoms with Crippen molar-refractivity contribution in [1.29, 1.82) is 0 Å². The molecule has 21 heavy (non-hydrogen) atoms. The predicted molar refractivity (Wildman–Crippen MR) is 76.6 cm³/mol. The number of rotatable bonds is 5. The van der Waals surface area contributed by atoms with Crippen LogP contribution in [0.2, 0.25) is 0 Å². The molecule has 0 radical (unpaired) electrons. The number of nitrogen functional groups attached to an aromatic ring is 1. The Bertz CT molecular complexity index is 648. The number of benzene rings is 1. The molecule has 1 heterocycles. The molecule has 0 amide bonds. The van der Waals surface area contributed by atoms with Crippen molar-refractivity contribution >= 4 is 5.69 Å². The Morgan fingerprint density at radius 2 is 1.95 bits per heavy atom. The molecule has 2 N–H and O–H groups in total. The summed E-state index contributed by atoms with van der Waals surface area (Å²) in [6.45, 7) is 0.793. The fourth-order valence-corrected chi connectivity index (χ4v) is 3.16. The number of hydrogen-bond acceptors (Lipinski definition) is 4. The molecule has 2 aliphatic rings. The van der Waals surface area contributed by atoms with E-state index in [1.807, 2.05) is 0 Å². The van der Waals surface area contributed by atoms with E-state index in [1.54, 1.807) is 16.8 Å². The van der Waals surface area contributed by atoms with Gasteiger partial charge < -0.3 is 5.73 Å². The zero-order chi connectivity index (χ0) is 14.4. The van der Waals surface area contributed by atoms with Crippen LogP contribution < -0.4 is 5.73 Å². The van der Waals surface area contributed by atoms with Gasteiger partial charge in [-0.3, -0.25) is 0 Å². The SMILES string of the molecule is Nc1ccc(-c2nnnn2CC(C2CC2)C2CC2)c(F)c1. The molecule has 2 saturated carbocycles. The molecule has 1 aromatic carbocycles. The Morgan fingerprint density at radius 3 is 2.57 bits per heavy atom. The molecule has 5 nitrogen and oxygen atoms in total. The van der Waals surface area contributed by atoms with Gasteiger partial charge in [0.05, 0.1) is 5.56 Å². The van der Waals surface area contributed by atoms with Crippen LogP contribution >= 0.6 is 0 Å². The average molecular weight is 287 g/mol. The summed E-state index contributed by atoms with van der Waals surface area (Å²) in [4.78, 5) is 0. The molecule has 6 heteroatoms. The predicted octanol–water partition coefficient (Wildman–Crippen LogP) is 2.50. The second-order valence-electron chi connectivity index (χ2n) is 6.26. The molecule has 0 aliphatic heterocycles. The van der Waals surface area contributed by atoms with Gasteiger partial charge in [0.25, 0.3) is 0 Å². The van der Waals surface area contributed by atoms with Gasteiger partial charge in [0.2, 0.25) is 0 Å². The average Bonchev–Trinajstić information content (AvgIpc) is 3.36. The molecule has 0 atom stereocenters. The Kier molecular flexibility index (Phi) is 2.90. The van der Waals surface area contributed by atoms with Crippen LogP contribution in [-0.4, -0.2) is 20.2 Å². The summed E-state index contributed by atoms with van der Waals surface area (Å²) < 4.78 is 15.8. The maximum absolute atomic E-state index is 14.1. The molecule has 0 unspecified atom stereocenters. The minimum atomic E-state index is -0.375. The smallest absolute Gasteiger partial charge is 0.184 e. The zero-order valence-electron chi connectivity index (χ0n) is 11.7. The summed E-state index contributed by atoms with van der Waals surface area (Å²) in [5.41, 5.74) is 6.42. The van der Waals surface area contributed by atoms with Crippen LogP contribution in [-0.2, 0) is 6.54 Å². The standard InChI is InChI=1S/C15H18FN5/c16-14-7-11(17)5-6-12(14)15-18-19-20-21(15)8-13(9-1-2-9)10-3-4-10/h5-7,9-10,13H,1-4,8,17H2. The van der Waals surface area contributed by atoms with Crippen molar-refractivity contribution in [3.8, 4) is 11.4 Å². The molecule has 0 spiro atoms. The summed E-state index contributed by atoms with van der Waals surface area (Å²) >= 11 is 0. The minimum absolute atomic E-state index is 0.375. The van der Waals surface area contributed by atoms with E-state index in [4.69, 9.17) is 5.73 Å². The fraction of sp³-hybridized carbons (Fsp3) is 0.533. The van der Waals surface area contributed by atoms with Gasteiger partial charge in [0.15, 0.2) is 5.82 Å². The molecule has 1 aromatic heterocycles. The largest absolute Gasteiger partial charge is 0.399 e. The van der Waals surface area contributed by atoms with Crippen molar-refractivity contribution in [3.05, 3.63) is 24.0 Å². The number of hydrogen-bond donors (Lipinski definition) is 1. The normalized spacial score (nSPS) is 18.4. The van der Waals surface area contributed by atoms with Crippen LogP contribution in [0.1, 0.15) is 25.7 Å². The third-order valence-electron chi connectivity index (χ3n) is 4.60. The number of nitrogens with zero attached hydrogens (tertiary/aromatic N) is 4. The van der Waals surface area contributed by atoms with Crippen molar-refractivity contribution in [1.82, 2.24) is 20.2 Å². The van der Waals surface area contributed by atoms with Gasteiger partial charge in [-0.15, -0.1) is 5.10 Å². The van der Waals surface area contributed by atoms with E-state index >= 15 is 0 Å². The van der Waals surface area contributed by atoms with Gasteiger partial charge in [-0.1, -0.05) is 0 Å². The second-order valence-corrected chi connectivity index (χ2v) is 6.26. The minimum Gasteiger partial charge on any atom is -0.399 e. The van der Waals surface area contributed by atoms with Crippen molar-refractivity contribution < 1.29 is 4.39 Å². The zero-order valence-corrected chi connectivity index (χ0v) is 11.7. The van der Waals surface area contributed by atoms with Crippen molar-refractivity contribution in [2.75, 3.05) is 5.73 Å². The second kappa shape index (κ2) is 4.79. The monoisotopic (exact) mass is 287 g/mol. The fourth-order valence-electron chi connectivity index (χ4n) is 3.16. The summed E-state index contributed by atoms with van der Waals surface area (Å²) in [5.74, 6) is 2.39. The van der Waals surface area contributed by atoms with E-state index in [1.165, 1.54) is 31.7 Å². The lowest BCUT2D eigenvalue weighted by molar-refractivity contribution is 0.331. The summed E-state index contributed by atoms with van der Waals surface area (Å²) in [6.07, 6.45) is 5.26. The van der Waals surface area contributed by atoms with Crippen LogP contribution in [0.5, 0.6) is 0 Å². The lowest BCUT2D eigenvalue weighted by atomic mass is 9.98. The third-order valence-corrected chi connectivity index (χ3v) is 4.60. The molecule has 0 saturated heterocycles. The molecule has 2 aliphatic carbocycles. The van der Waals surface area contributed by atoms with Gasteiger partial charge >= 0.3 is 0 Å². The van der Waals surface area contributed by atoms with E-state index in [9.17, 15) is 4.39 Å². The van der Waals surface area contributed by atoms with Gasteiger partial charge in [-0.25, -0.2) is 9.07 Å². The molecule has 4 rings (SSSR count). The molecule has 2 aromatic rings. The highest BCUT2D eigenvalue weighted by Crippen LogP contribution is 2.50. The number of anilines is 1. The topological polar surface area (TPSA) is 69.6 Å². The van der Waals surface area contributed by atoms with Gasteiger partial charge in [-0.05, 0) is 72.1 Å². The maximum atomic E-state index is 14.1. The lowest BCUT2D eigenvalue weighted by Gasteiger charge is -2.16. The van der Waals surface area contributed by atoms with E-state index < -0.39 is 0 Å². The first-order valence-corrected chi connectivity index (χ1v) is 7.54. The van der Waals surface area contributed by atoms with Crippen LogP contribution in [0.15, 0.2) is 18.2 Å². The van der Waals surface area contributed by atoms with E-state index in [0.717, 1.165) is 18.4 Å². The quantitative estimate of drug-likeness (QED) is 0.858. The molecule has 0 bridgehead atoms. The molecule has 110 valence electrons. The van der Waals surface area contributed by atoms with Crippen molar-refractivity contribution in [2.45, 2.75) is 32.2 Å². The van der Waals surface area contributed by atoms with Crippen LogP contribution in [0.4, 0.5) is 10.1 Å². The Labute approximate surface area is 122 Å². The first-order chi connectivity index (χ1) is 10.2. The van der Waals surface area contributed by atoms with Gasteiger partial charge in [-0.2, -0.15) is 0 Å². The molecular formula is C15H18FN5. The van der Waals surface area contributed by atoms with Crippen molar-refractivity contribution in [2.24, 2.45) is 17.8 Å². The van der Waals surface area contributed by atoms with Gasteiger partial charge in [0.1, 0.15) is 5.82 Å². The van der Waals surface area contributed by atoms with Gasteiger partial charge in [0, 0.05) is 12.2 Å². The summed E-state index contributed by atoms with van der Waals surface area (Å²) in [6, 6.07) is 4.64. The summed E-state index contributed by atoms with van der Waals surface area (Å²) in [7, 11) is 0. The highest BCUT2D eigenvalue weighted by Gasteiger charge is 2.42. The third kappa shape index (κ3) is 2.50. The van der Waals surface area contributed by atoms with Crippen LogP contribution in [0.3, 0.4) is 0 Å². The summed E-state index contributed by atoms with van der Waals surface area (Å²) in [5, 5.41) is 11.8. The van der Waals surface area contributed by atoms with Crippen molar-refractivity contribution in [3.63, 3.8) is 0 Å². The molecular weight excluding hydrogens is 269 g/mol. The van der Waals surface area contributed by atoms with E-state index in [-0.39, 0.29) is 5.82 Å². The van der Waals surface area contributed by atoms with Crippen LogP contribution in [0.25, 0.3) is 11.4 Å². The molecule has 2 fully saturated rings. The highest BCUT2D eigenvalue weighted by molar-refractivity contribution is 5.59. The first-order valence-electron chi connectivity index (χ1n) is 7.54. The Hall–Kier alpha value is -1.98. The van der Waals surface area contributed by atoms with E-state index in [0.29, 0.717) is 23.0 Å². The highest BCUT2D eigenvalue weighted by atomic mass is 19.1. The number of nitrogens with two attached hydrogens (primary N) is 1. The first kappa shape index (κ1) is 12.7. The number of tetrazole rings is 1. The Morgan fingerprint density at radius 1 is 1.24 bits per heavy atom. The number of aromatic nitrogens is 4.